The van der Waals surface area contributed by atoms with Crippen molar-refractivity contribution in [2.75, 3.05) is 13.2 Å². The lowest BCUT2D eigenvalue weighted by atomic mass is 10.1. The molecule has 1 aromatic carbocycles. The molecule has 1 aromatic heterocycles. The number of H-pyrrole nitrogens is 1. The van der Waals surface area contributed by atoms with Crippen LogP contribution in [-0.4, -0.2) is 29.3 Å². The van der Waals surface area contributed by atoms with Crippen LogP contribution in [0.15, 0.2) is 18.2 Å². The first-order valence-corrected chi connectivity index (χ1v) is 8.03. The smallest absolute Gasteiger partial charge is 0.272 e. The van der Waals surface area contributed by atoms with E-state index in [0.29, 0.717) is 36.2 Å². The molecule has 23 heavy (non-hydrogen) atoms. The van der Waals surface area contributed by atoms with Crippen molar-refractivity contribution in [3.8, 4) is 5.75 Å². The van der Waals surface area contributed by atoms with E-state index in [1.54, 1.807) is 12.1 Å². The molecule has 2 heterocycles. The minimum Gasteiger partial charge on any atom is -0.493 e. The van der Waals surface area contributed by atoms with Crippen LogP contribution < -0.4 is 15.4 Å². The summed E-state index contributed by atoms with van der Waals surface area (Å²) in [4.78, 5) is 12.4. The maximum Gasteiger partial charge on any atom is 0.272 e. The second-order valence-corrected chi connectivity index (χ2v) is 5.76. The van der Waals surface area contributed by atoms with Crippen LogP contribution in [0.4, 0.5) is 0 Å². The number of fused-ring (bicyclic) bond motifs is 1. The van der Waals surface area contributed by atoms with E-state index in [1.165, 1.54) is 0 Å². The van der Waals surface area contributed by atoms with Crippen LogP contribution >= 0.6 is 11.6 Å². The number of aromatic nitrogens is 2. The molecule has 0 spiro atoms. The highest BCUT2D eigenvalue weighted by Gasteiger charge is 2.21. The summed E-state index contributed by atoms with van der Waals surface area (Å²) in [5.74, 6) is 0.495. The second-order valence-electron chi connectivity index (χ2n) is 5.32. The van der Waals surface area contributed by atoms with Crippen molar-refractivity contribution < 1.29 is 9.53 Å². The van der Waals surface area contributed by atoms with Gasteiger partial charge in [-0.2, -0.15) is 5.10 Å². The van der Waals surface area contributed by atoms with Crippen LogP contribution in [0.2, 0.25) is 5.02 Å². The number of amides is 1. The predicted octanol–water partition coefficient (Wildman–Crippen LogP) is 2.04. The van der Waals surface area contributed by atoms with Crippen LogP contribution in [0, 0.1) is 0 Å². The molecule has 1 amide bonds. The number of aromatic amines is 1. The van der Waals surface area contributed by atoms with Crippen LogP contribution in [0.1, 0.15) is 34.2 Å². The molecule has 0 saturated carbocycles. The van der Waals surface area contributed by atoms with Crippen molar-refractivity contribution in [2.45, 2.75) is 26.4 Å². The number of rotatable bonds is 5. The van der Waals surface area contributed by atoms with Crippen LogP contribution in [0.3, 0.4) is 0 Å². The standard InChI is InChI=1S/C16H19ClN4O2/c1-2-23-14-7-11(17)4-3-10(14)8-19-16(22)15-12-9-18-6-5-13(12)20-21-15/h3-4,7,18H,2,5-6,8-9H2,1H3,(H,19,22)(H,20,21). The van der Waals surface area contributed by atoms with Gasteiger partial charge in [0.05, 0.1) is 6.61 Å². The molecule has 0 fully saturated rings. The third-order valence-corrected chi connectivity index (χ3v) is 4.02. The first-order valence-electron chi connectivity index (χ1n) is 7.65. The van der Waals surface area contributed by atoms with E-state index < -0.39 is 0 Å². The largest absolute Gasteiger partial charge is 0.493 e. The van der Waals surface area contributed by atoms with Gasteiger partial charge in [-0.3, -0.25) is 9.89 Å². The Kier molecular flexibility index (Phi) is 4.83. The number of carbonyl (C=O) groups excluding carboxylic acids is 1. The second kappa shape index (κ2) is 7.02. The molecular weight excluding hydrogens is 316 g/mol. The molecule has 0 radical (unpaired) electrons. The Labute approximate surface area is 139 Å². The Hall–Kier alpha value is -2.05. The Bertz CT molecular complexity index is 714. The van der Waals surface area contributed by atoms with E-state index >= 15 is 0 Å². The zero-order valence-electron chi connectivity index (χ0n) is 12.9. The molecule has 0 atom stereocenters. The van der Waals surface area contributed by atoms with Gasteiger partial charge in [0, 0.05) is 47.9 Å². The first-order chi connectivity index (χ1) is 11.2. The molecule has 3 N–H and O–H groups in total. The maximum atomic E-state index is 12.4. The maximum absolute atomic E-state index is 12.4. The summed E-state index contributed by atoms with van der Waals surface area (Å²) in [6.07, 6.45) is 0.862. The van der Waals surface area contributed by atoms with E-state index in [4.69, 9.17) is 16.3 Å². The fraction of sp³-hybridized carbons (Fsp3) is 0.375. The number of benzene rings is 1. The zero-order valence-corrected chi connectivity index (χ0v) is 13.7. The van der Waals surface area contributed by atoms with E-state index in [-0.39, 0.29) is 5.91 Å². The van der Waals surface area contributed by atoms with Crippen molar-refractivity contribution in [3.05, 3.63) is 45.7 Å². The molecule has 2 aromatic rings. The Morgan fingerprint density at radius 1 is 1.48 bits per heavy atom. The fourth-order valence-corrected chi connectivity index (χ4v) is 2.80. The molecule has 0 saturated heterocycles. The van der Waals surface area contributed by atoms with Gasteiger partial charge < -0.3 is 15.4 Å². The number of nitrogens with zero attached hydrogens (tertiary/aromatic N) is 1. The van der Waals surface area contributed by atoms with Gasteiger partial charge in [0.2, 0.25) is 0 Å². The summed E-state index contributed by atoms with van der Waals surface area (Å²) >= 11 is 5.99. The van der Waals surface area contributed by atoms with Crippen molar-refractivity contribution in [1.29, 1.82) is 0 Å². The molecule has 122 valence electrons. The van der Waals surface area contributed by atoms with E-state index in [0.717, 1.165) is 29.8 Å². The Morgan fingerprint density at radius 3 is 3.17 bits per heavy atom. The minimum atomic E-state index is -0.191. The predicted molar refractivity (Wildman–Crippen MR) is 87.8 cm³/mol. The average molecular weight is 335 g/mol. The van der Waals surface area contributed by atoms with Crippen LogP contribution in [-0.2, 0) is 19.5 Å². The summed E-state index contributed by atoms with van der Waals surface area (Å²) in [6.45, 7) is 4.38. The molecule has 6 nitrogen and oxygen atoms in total. The number of nitrogens with one attached hydrogen (secondary N) is 3. The van der Waals surface area contributed by atoms with Gasteiger partial charge in [-0.1, -0.05) is 17.7 Å². The number of hydrogen-bond donors (Lipinski definition) is 3. The lowest BCUT2D eigenvalue weighted by molar-refractivity contribution is 0.0944. The molecule has 0 aliphatic carbocycles. The zero-order chi connectivity index (χ0) is 16.2. The number of halogens is 1. The van der Waals surface area contributed by atoms with Gasteiger partial charge in [0.25, 0.3) is 5.91 Å². The number of hydrogen-bond acceptors (Lipinski definition) is 4. The van der Waals surface area contributed by atoms with Crippen molar-refractivity contribution in [3.63, 3.8) is 0 Å². The Balaban J connectivity index is 1.71. The lowest BCUT2D eigenvalue weighted by Crippen LogP contribution is -2.28. The third kappa shape index (κ3) is 3.48. The number of ether oxygens (including phenoxy) is 1. The van der Waals surface area contributed by atoms with E-state index in [9.17, 15) is 4.79 Å². The summed E-state index contributed by atoms with van der Waals surface area (Å²) in [7, 11) is 0. The summed E-state index contributed by atoms with van der Waals surface area (Å²) in [5, 5.41) is 13.9. The van der Waals surface area contributed by atoms with Crippen LogP contribution in [0.5, 0.6) is 5.75 Å². The van der Waals surface area contributed by atoms with Gasteiger partial charge in [0.15, 0.2) is 5.69 Å². The van der Waals surface area contributed by atoms with Gasteiger partial charge in [-0.25, -0.2) is 0 Å². The highest BCUT2D eigenvalue weighted by molar-refractivity contribution is 6.30. The topological polar surface area (TPSA) is 79.0 Å². The molecule has 0 bridgehead atoms. The highest BCUT2D eigenvalue weighted by atomic mass is 35.5. The molecule has 0 unspecified atom stereocenters. The van der Waals surface area contributed by atoms with Crippen molar-refractivity contribution in [2.24, 2.45) is 0 Å². The lowest BCUT2D eigenvalue weighted by Gasteiger charge is -2.14. The molecule has 1 aliphatic rings. The summed E-state index contributed by atoms with van der Waals surface area (Å²) < 4.78 is 5.56. The SMILES string of the molecule is CCOc1cc(Cl)ccc1CNC(=O)c1n[nH]c2c1CNCC2. The van der Waals surface area contributed by atoms with Gasteiger partial charge in [0.1, 0.15) is 5.75 Å². The summed E-state index contributed by atoms with van der Waals surface area (Å²) in [5.41, 5.74) is 3.33. The van der Waals surface area contributed by atoms with Crippen molar-refractivity contribution >= 4 is 17.5 Å². The van der Waals surface area contributed by atoms with E-state index in [1.807, 2.05) is 13.0 Å². The monoisotopic (exact) mass is 334 g/mol. The molecule has 3 rings (SSSR count). The van der Waals surface area contributed by atoms with E-state index in [2.05, 4.69) is 20.8 Å². The fourth-order valence-electron chi connectivity index (χ4n) is 2.64. The average Bonchev–Trinajstić information content (AvgIpc) is 2.98. The van der Waals surface area contributed by atoms with Gasteiger partial charge in [-0.05, 0) is 19.1 Å². The third-order valence-electron chi connectivity index (χ3n) is 3.79. The van der Waals surface area contributed by atoms with Crippen molar-refractivity contribution in [1.82, 2.24) is 20.8 Å². The molecule has 7 heteroatoms. The normalized spacial score (nSPS) is 13.5. The van der Waals surface area contributed by atoms with Gasteiger partial charge >= 0.3 is 0 Å². The number of carbonyl (C=O) groups is 1. The first kappa shape index (κ1) is 15.8. The minimum absolute atomic E-state index is 0.191. The van der Waals surface area contributed by atoms with Crippen LogP contribution in [0.25, 0.3) is 0 Å². The highest BCUT2D eigenvalue weighted by Crippen LogP contribution is 2.23. The molecular formula is C16H19ClN4O2. The van der Waals surface area contributed by atoms with Gasteiger partial charge in [-0.15, -0.1) is 0 Å². The Morgan fingerprint density at radius 2 is 2.35 bits per heavy atom. The molecule has 1 aliphatic heterocycles. The summed E-state index contributed by atoms with van der Waals surface area (Å²) in [6, 6.07) is 5.40. The quantitative estimate of drug-likeness (QED) is 0.782.